The molecule has 0 amide bonds. The van der Waals surface area contributed by atoms with E-state index in [1.54, 1.807) is 31.2 Å². The number of aryl methyl sites for hydroxylation is 1. The van der Waals surface area contributed by atoms with E-state index in [0.29, 0.717) is 5.56 Å². The van der Waals surface area contributed by atoms with Crippen molar-refractivity contribution in [1.29, 1.82) is 0 Å². The predicted molar refractivity (Wildman–Crippen MR) is 65.5 cm³/mol. The summed E-state index contributed by atoms with van der Waals surface area (Å²) in [7, 11) is 0. The van der Waals surface area contributed by atoms with Gasteiger partial charge in [0.05, 0.1) is 0 Å². The maximum Gasteiger partial charge on any atom is 0.387 e. The van der Waals surface area contributed by atoms with Crippen molar-refractivity contribution in [2.24, 2.45) is 0 Å². The van der Waals surface area contributed by atoms with Crippen molar-refractivity contribution < 1.29 is 18.3 Å². The van der Waals surface area contributed by atoms with E-state index >= 15 is 0 Å². The number of carbonyl (C=O) groups excluding carboxylic acids is 1. The molecule has 0 unspecified atom stereocenters. The number of hydrogen-bond donors (Lipinski definition) is 0. The normalized spacial score (nSPS) is 10.5. The Balaban J connectivity index is 2.34. The lowest BCUT2D eigenvalue weighted by Crippen LogP contribution is -2.06. The van der Waals surface area contributed by atoms with Gasteiger partial charge in [0.1, 0.15) is 11.4 Å². The van der Waals surface area contributed by atoms with Gasteiger partial charge in [0.2, 0.25) is 5.78 Å². The maximum absolute atomic E-state index is 12.2. The molecule has 0 bridgehead atoms. The highest BCUT2D eigenvalue weighted by Gasteiger charge is 2.13. The average molecular weight is 263 g/mol. The number of halogens is 2. The zero-order valence-electron chi connectivity index (χ0n) is 10.1. The number of benzene rings is 1. The zero-order valence-corrected chi connectivity index (χ0v) is 10.1. The fourth-order valence-electron chi connectivity index (χ4n) is 1.69. The van der Waals surface area contributed by atoms with Gasteiger partial charge in [-0.3, -0.25) is 9.78 Å². The Morgan fingerprint density at radius 2 is 2.05 bits per heavy atom. The number of hydrogen-bond acceptors (Lipinski definition) is 3. The molecule has 0 aliphatic rings. The molecule has 2 aromatic rings. The summed E-state index contributed by atoms with van der Waals surface area (Å²) in [5.74, 6) is -0.363. The molecule has 0 saturated carbocycles. The number of ketones is 1. The topological polar surface area (TPSA) is 39.2 Å². The average Bonchev–Trinajstić information content (AvgIpc) is 2.37. The van der Waals surface area contributed by atoms with Crippen LogP contribution in [0.5, 0.6) is 5.75 Å². The highest BCUT2D eigenvalue weighted by Crippen LogP contribution is 2.20. The van der Waals surface area contributed by atoms with Crippen molar-refractivity contribution in [3.63, 3.8) is 0 Å². The lowest BCUT2D eigenvalue weighted by Gasteiger charge is -2.08. The van der Waals surface area contributed by atoms with Gasteiger partial charge in [-0.1, -0.05) is 6.07 Å². The standard InChI is InChI=1S/C14H11F2NO2/c1-9-6-10(8-11(7-9)19-14(15)16)13(18)12-4-2-3-5-17-12/h2-8,14H,1H3. The third-order valence-electron chi connectivity index (χ3n) is 2.44. The molecule has 0 aliphatic carbocycles. The van der Waals surface area contributed by atoms with Gasteiger partial charge in [-0.2, -0.15) is 8.78 Å². The number of carbonyl (C=O) groups is 1. The summed E-state index contributed by atoms with van der Waals surface area (Å²) in [6.07, 6.45) is 1.50. The Morgan fingerprint density at radius 3 is 2.68 bits per heavy atom. The number of rotatable bonds is 4. The maximum atomic E-state index is 12.2. The van der Waals surface area contributed by atoms with E-state index in [4.69, 9.17) is 0 Å². The van der Waals surface area contributed by atoms with Gasteiger partial charge in [0, 0.05) is 11.8 Å². The fraction of sp³-hybridized carbons (Fsp3) is 0.143. The molecule has 19 heavy (non-hydrogen) atoms. The van der Waals surface area contributed by atoms with Crippen LogP contribution in [0.4, 0.5) is 8.78 Å². The molecule has 1 aromatic heterocycles. The van der Waals surface area contributed by atoms with E-state index in [2.05, 4.69) is 9.72 Å². The minimum Gasteiger partial charge on any atom is -0.435 e. The molecule has 0 radical (unpaired) electrons. The van der Waals surface area contributed by atoms with Crippen LogP contribution in [-0.4, -0.2) is 17.4 Å². The highest BCUT2D eigenvalue weighted by molar-refractivity contribution is 6.07. The molecule has 0 N–H and O–H groups in total. The van der Waals surface area contributed by atoms with Crippen LogP contribution in [0.2, 0.25) is 0 Å². The van der Waals surface area contributed by atoms with Gasteiger partial charge in [0.15, 0.2) is 0 Å². The third-order valence-corrected chi connectivity index (χ3v) is 2.44. The third kappa shape index (κ3) is 3.34. The van der Waals surface area contributed by atoms with E-state index in [1.807, 2.05) is 0 Å². The van der Waals surface area contributed by atoms with Gasteiger partial charge in [-0.25, -0.2) is 0 Å². The predicted octanol–water partition coefficient (Wildman–Crippen LogP) is 3.22. The van der Waals surface area contributed by atoms with E-state index in [1.165, 1.54) is 18.3 Å². The van der Waals surface area contributed by atoms with Crippen LogP contribution >= 0.6 is 0 Å². The zero-order chi connectivity index (χ0) is 13.8. The van der Waals surface area contributed by atoms with Crippen LogP contribution in [0, 0.1) is 6.92 Å². The summed E-state index contributed by atoms with van der Waals surface area (Å²) in [6.45, 7) is -1.22. The van der Waals surface area contributed by atoms with Crippen molar-refractivity contribution in [3.05, 3.63) is 59.4 Å². The quantitative estimate of drug-likeness (QED) is 0.795. The minimum absolute atomic E-state index is 0.0331. The number of aromatic nitrogens is 1. The number of nitrogens with zero attached hydrogens (tertiary/aromatic N) is 1. The largest absolute Gasteiger partial charge is 0.435 e. The van der Waals surface area contributed by atoms with Gasteiger partial charge in [-0.05, 0) is 42.8 Å². The first kappa shape index (κ1) is 13.1. The monoisotopic (exact) mass is 263 g/mol. The molecule has 3 nitrogen and oxygen atoms in total. The first-order valence-corrected chi connectivity index (χ1v) is 5.58. The Morgan fingerprint density at radius 1 is 1.26 bits per heavy atom. The lowest BCUT2D eigenvalue weighted by atomic mass is 10.0. The van der Waals surface area contributed by atoms with Gasteiger partial charge in [0.25, 0.3) is 0 Å². The first-order valence-electron chi connectivity index (χ1n) is 5.58. The molecule has 0 atom stereocenters. The molecule has 98 valence electrons. The molecule has 0 saturated heterocycles. The van der Waals surface area contributed by atoms with Crippen molar-refractivity contribution in [1.82, 2.24) is 4.98 Å². The smallest absolute Gasteiger partial charge is 0.387 e. The van der Waals surface area contributed by atoms with Crippen molar-refractivity contribution >= 4 is 5.78 Å². The second-order valence-corrected chi connectivity index (χ2v) is 3.96. The van der Waals surface area contributed by atoms with E-state index in [9.17, 15) is 13.6 Å². The summed E-state index contributed by atoms with van der Waals surface area (Å²) >= 11 is 0. The van der Waals surface area contributed by atoms with Crippen molar-refractivity contribution in [3.8, 4) is 5.75 Å². The van der Waals surface area contributed by atoms with Gasteiger partial charge in [-0.15, -0.1) is 0 Å². The van der Waals surface area contributed by atoms with Crippen LogP contribution < -0.4 is 4.74 Å². The summed E-state index contributed by atoms with van der Waals surface area (Å²) in [4.78, 5) is 16.1. The number of pyridine rings is 1. The van der Waals surface area contributed by atoms with Crippen LogP contribution in [0.3, 0.4) is 0 Å². The Hall–Kier alpha value is -2.30. The highest BCUT2D eigenvalue weighted by atomic mass is 19.3. The van der Waals surface area contributed by atoms with Crippen LogP contribution in [0.1, 0.15) is 21.6 Å². The molecule has 2 rings (SSSR count). The van der Waals surface area contributed by atoms with Gasteiger partial charge >= 0.3 is 6.61 Å². The molecule has 0 spiro atoms. The van der Waals surface area contributed by atoms with Crippen LogP contribution in [0.15, 0.2) is 42.6 Å². The second-order valence-electron chi connectivity index (χ2n) is 3.96. The minimum atomic E-state index is -2.92. The van der Waals surface area contributed by atoms with Crippen LogP contribution in [0.25, 0.3) is 0 Å². The fourth-order valence-corrected chi connectivity index (χ4v) is 1.69. The molecular formula is C14H11F2NO2. The summed E-state index contributed by atoms with van der Waals surface area (Å²) in [5.41, 5.74) is 1.20. The van der Waals surface area contributed by atoms with E-state index in [0.717, 1.165) is 0 Å². The van der Waals surface area contributed by atoms with E-state index < -0.39 is 6.61 Å². The number of alkyl halides is 2. The molecule has 0 fully saturated rings. The summed E-state index contributed by atoms with van der Waals surface area (Å²) in [5, 5.41) is 0. The molecule has 1 aromatic carbocycles. The molecular weight excluding hydrogens is 252 g/mol. The molecule has 0 aliphatic heterocycles. The Bertz CT molecular complexity index is 585. The summed E-state index contributed by atoms with van der Waals surface area (Å²) in [6, 6.07) is 9.29. The van der Waals surface area contributed by atoms with Crippen molar-refractivity contribution in [2.45, 2.75) is 13.5 Å². The number of ether oxygens (including phenoxy) is 1. The van der Waals surface area contributed by atoms with Gasteiger partial charge < -0.3 is 4.74 Å². The molecule has 1 heterocycles. The Labute approximate surface area is 108 Å². The Kier molecular flexibility index (Phi) is 3.85. The SMILES string of the molecule is Cc1cc(OC(F)F)cc(C(=O)c2ccccn2)c1. The first-order chi connectivity index (χ1) is 9.06. The lowest BCUT2D eigenvalue weighted by molar-refractivity contribution is -0.0499. The second kappa shape index (κ2) is 5.56. The van der Waals surface area contributed by atoms with Crippen LogP contribution in [-0.2, 0) is 0 Å². The van der Waals surface area contributed by atoms with E-state index in [-0.39, 0.29) is 22.8 Å². The summed E-state index contributed by atoms with van der Waals surface area (Å²) < 4.78 is 28.7. The molecule has 5 heteroatoms. The van der Waals surface area contributed by atoms with Crippen molar-refractivity contribution in [2.75, 3.05) is 0 Å².